The Bertz CT molecular complexity index is 377. The lowest BCUT2D eigenvalue weighted by atomic mass is 10.2. The van der Waals surface area contributed by atoms with E-state index in [4.69, 9.17) is 5.11 Å². The smallest absolute Gasteiger partial charge is 0.359 e. The van der Waals surface area contributed by atoms with Gasteiger partial charge in [0.25, 0.3) is 0 Å². The molecule has 0 aromatic carbocycles. The molecule has 0 saturated heterocycles. The van der Waals surface area contributed by atoms with Gasteiger partial charge >= 0.3 is 22.5 Å². The molecular weight excluding hydrogens is 220 g/mol. The number of carbonyl (C=O) groups is 1. The second-order valence-corrected chi connectivity index (χ2v) is 2.99. The molecule has 0 aliphatic rings. The zero-order chi connectivity index (χ0) is 11.4. The van der Waals surface area contributed by atoms with Gasteiger partial charge in [-0.25, -0.2) is 4.79 Å². The average molecular weight is 227 g/mol. The van der Waals surface area contributed by atoms with Crippen molar-refractivity contribution in [3.05, 3.63) is 11.6 Å². The molecule has 5 nitrogen and oxygen atoms in total. The maximum Gasteiger partial charge on any atom is 0.359 e. The third-order valence-electron chi connectivity index (χ3n) is 1.20. The molecule has 0 radical (unpaired) electrons. The van der Waals surface area contributed by atoms with Crippen LogP contribution in [0.25, 0.3) is 0 Å². The van der Waals surface area contributed by atoms with Crippen LogP contribution in [0.3, 0.4) is 0 Å². The summed E-state index contributed by atoms with van der Waals surface area (Å²) in [6.07, 6.45) is -0.349. The number of halogens is 2. The van der Waals surface area contributed by atoms with E-state index < -0.39 is 28.9 Å². The van der Waals surface area contributed by atoms with E-state index in [0.29, 0.717) is 6.08 Å². The van der Waals surface area contributed by atoms with Crippen LogP contribution in [0, 0.1) is 0 Å². The molecule has 0 fully saturated rings. The SMILES string of the molecule is CC(=CCC(F)(F)N=S(=O)=O)C(=O)O. The zero-order valence-corrected chi connectivity index (χ0v) is 7.88. The summed E-state index contributed by atoms with van der Waals surface area (Å²) in [6, 6.07) is -3.79. The van der Waals surface area contributed by atoms with Crippen LogP contribution < -0.4 is 0 Å². The fraction of sp³-hybridized carbons (Fsp3) is 0.500. The lowest BCUT2D eigenvalue weighted by molar-refractivity contribution is -0.132. The van der Waals surface area contributed by atoms with E-state index in [2.05, 4.69) is 4.36 Å². The van der Waals surface area contributed by atoms with Gasteiger partial charge in [0, 0.05) is 5.57 Å². The fourth-order valence-corrected chi connectivity index (χ4v) is 0.802. The van der Waals surface area contributed by atoms with E-state index in [1.54, 1.807) is 0 Å². The van der Waals surface area contributed by atoms with Crippen LogP contribution in [0.5, 0.6) is 0 Å². The first kappa shape index (κ1) is 12.7. The van der Waals surface area contributed by atoms with Gasteiger partial charge in [0.2, 0.25) is 0 Å². The van der Waals surface area contributed by atoms with Crippen molar-refractivity contribution in [3.63, 3.8) is 0 Å². The highest BCUT2D eigenvalue weighted by atomic mass is 32.2. The fourth-order valence-electron chi connectivity index (χ4n) is 0.510. The van der Waals surface area contributed by atoms with Crippen LogP contribution in [-0.2, 0) is 15.3 Å². The molecule has 14 heavy (non-hydrogen) atoms. The molecule has 0 saturated carbocycles. The van der Waals surface area contributed by atoms with E-state index in [9.17, 15) is 22.0 Å². The molecular formula is C6H7F2NO4S. The van der Waals surface area contributed by atoms with Crippen molar-refractivity contribution >= 4 is 16.5 Å². The minimum Gasteiger partial charge on any atom is -0.478 e. The van der Waals surface area contributed by atoms with Gasteiger partial charge in [-0.05, 0) is 6.92 Å². The molecule has 8 heteroatoms. The first-order valence-corrected chi connectivity index (χ1v) is 4.38. The Kier molecular flexibility index (Phi) is 4.35. The van der Waals surface area contributed by atoms with Crippen LogP contribution in [0.2, 0.25) is 0 Å². The number of carboxylic acids is 1. The van der Waals surface area contributed by atoms with Gasteiger partial charge in [-0.2, -0.15) is 17.2 Å². The Morgan fingerprint density at radius 1 is 1.57 bits per heavy atom. The van der Waals surface area contributed by atoms with E-state index >= 15 is 0 Å². The van der Waals surface area contributed by atoms with Gasteiger partial charge in [-0.3, -0.25) is 0 Å². The minimum absolute atomic E-state index is 0.295. The topological polar surface area (TPSA) is 83.8 Å². The van der Waals surface area contributed by atoms with Crippen molar-refractivity contribution in [3.8, 4) is 0 Å². The van der Waals surface area contributed by atoms with Crippen LogP contribution >= 0.6 is 0 Å². The van der Waals surface area contributed by atoms with Crippen LogP contribution in [0.1, 0.15) is 13.3 Å². The lowest BCUT2D eigenvalue weighted by Gasteiger charge is -2.04. The van der Waals surface area contributed by atoms with Gasteiger partial charge < -0.3 is 5.11 Å². The standard InChI is InChI=1S/C6H7F2NO4S/c1-4(5(10)11)2-3-6(7,8)9-14(12)13/h2H,3H2,1H3,(H,10,11). The summed E-state index contributed by atoms with van der Waals surface area (Å²) in [7, 11) is -3.21. The molecule has 0 aliphatic carbocycles. The largest absolute Gasteiger partial charge is 0.478 e. The van der Waals surface area contributed by atoms with Crippen LogP contribution in [0.4, 0.5) is 8.78 Å². The van der Waals surface area contributed by atoms with Gasteiger partial charge in [0.15, 0.2) is 0 Å². The number of nitrogens with zero attached hydrogens (tertiary/aromatic N) is 1. The molecule has 0 spiro atoms. The first-order valence-electron chi connectivity index (χ1n) is 3.35. The summed E-state index contributed by atoms with van der Waals surface area (Å²) >= 11 is 0. The molecule has 0 atom stereocenters. The number of hydrogen-bond donors (Lipinski definition) is 1. The normalized spacial score (nSPS) is 12.4. The van der Waals surface area contributed by atoms with E-state index in [1.165, 1.54) is 0 Å². The molecule has 0 rings (SSSR count). The Labute approximate surface area is 79.8 Å². The number of alkyl halides is 2. The summed E-state index contributed by atoms with van der Waals surface area (Å²) in [5.41, 5.74) is -0.295. The van der Waals surface area contributed by atoms with Gasteiger partial charge in [-0.15, -0.1) is 0 Å². The summed E-state index contributed by atoms with van der Waals surface area (Å²) in [5.74, 6) is -1.34. The highest BCUT2D eigenvalue weighted by molar-refractivity contribution is 7.61. The quantitative estimate of drug-likeness (QED) is 0.575. The predicted octanol–water partition coefficient (Wildman–Crippen LogP) is 1.06. The second kappa shape index (κ2) is 4.80. The lowest BCUT2D eigenvalue weighted by Crippen LogP contribution is -2.11. The van der Waals surface area contributed by atoms with Crippen molar-refractivity contribution < 1.29 is 27.1 Å². The molecule has 0 aromatic heterocycles. The highest BCUT2D eigenvalue weighted by Crippen LogP contribution is 2.21. The average Bonchev–Trinajstić information content (AvgIpc) is 1.97. The van der Waals surface area contributed by atoms with Crippen LogP contribution in [0.15, 0.2) is 16.0 Å². The van der Waals surface area contributed by atoms with Crippen molar-refractivity contribution in [2.45, 2.75) is 19.4 Å². The van der Waals surface area contributed by atoms with Crippen molar-refractivity contribution in [1.29, 1.82) is 0 Å². The Morgan fingerprint density at radius 2 is 2.07 bits per heavy atom. The van der Waals surface area contributed by atoms with Crippen molar-refractivity contribution in [2.75, 3.05) is 0 Å². The predicted molar refractivity (Wildman–Crippen MR) is 42.3 cm³/mol. The molecule has 0 aliphatic heterocycles. The first-order chi connectivity index (χ1) is 6.24. The minimum atomic E-state index is -3.79. The molecule has 0 aromatic rings. The van der Waals surface area contributed by atoms with E-state index in [-0.39, 0.29) is 5.57 Å². The maximum absolute atomic E-state index is 12.5. The summed E-state index contributed by atoms with van der Waals surface area (Å²) in [5, 5.41) is 8.30. The molecule has 80 valence electrons. The van der Waals surface area contributed by atoms with E-state index in [1.807, 2.05) is 0 Å². The van der Waals surface area contributed by atoms with Crippen molar-refractivity contribution in [2.24, 2.45) is 4.36 Å². The van der Waals surface area contributed by atoms with Crippen molar-refractivity contribution in [1.82, 2.24) is 0 Å². The number of aliphatic carboxylic acids is 1. The Hall–Kier alpha value is -1.31. The monoisotopic (exact) mass is 227 g/mol. The van der Waals surface area contributed by atoms with E-state index in [0.717, 1.165) is 6.92 Å². The summed E-state index contributed by atoms with van der Waals surface area (Å²) in [6.45, 7) is 1.12. The van der Waals surface area contributed by atoms with Crippen LogP contribution in [-0.4, -0.2) is 25.5 Å². The number of rotatable bonds is 4. The summed E-state index contributed by atoms with van der Waals surface area (Å²) in [4.78, 5) is 10.2. The molecule has 0 unspecified atom stereocenters. The van der Waals surface area contributed by atoms with Gasteiger partial charge in [0.05, 0.1) is 6.42 Å². The Balaban J connectivity index is 4.62. The highest BCUT2D eigenvalue weighted by Gasteiger charge is 2.27. The molecule has 1 N–H and O–H groups in total. The molecule has 0 amide bonds. The number of carboxylic acid groups (broad SMARTS) is 1. The third-order valence-corrected chi connectivity index (χ3v) is 1.62. The second-order valence-electron chi connectivity index (χ2n) is 2.37. The molecule has 0 bridgehead atoms. The molecule has 0 heterocycles. The Morgan fingerprint density at radius 3 is 2.43 bits per heavy atom. The third kappa shape index (κ3) is 5.36. The maximum atomic E-state index is 12.5. The zero-order valence-electron chi connectivity index (χ0n) is 7.07. The number of hydrogen-bond acceptors (Lipinski definition) is 4. The summed E-state index contributed by atoms with van der Waals surface area (Å²) < 4.78 is 46.7. The van der Waals surface area contributed by atoms with Gasteiger partial charge in [-0.1, -0.05) is 10.4 Å². The van der Waals surface area contributed by atoms with Gasteiger partial charge in [0.1, 0.15) is 0 Å².